The summed E-state index contributed by atoms with van der Waals surface area (Å²) in [6.45, 7) is 6.64. The highest BCUT2D eigenvalue weighted by Gasteiger charge is 1.84. The molecule has 11 heavy (non-hydrogen) atoms. The van der Waals surface area contributed by atoms with Crippen molar-refractivity contribution < 1.29 is 17.5 Å². The van der Waals surface area contributed by atoms with Crippen molar-refractivity contribution in [3.63, 3.8) is 0 Å². The Hall–Kier alpha value is -0.170. The van der Waals surface area contributed by atoms with Crippen LogP contribution >= 0.6 is 0 Å². The Morgan fingerprint density at radius 2 is 1.36 bits per heavy atom. The van der Waals surface area contributed by atoms with Gasteiger partial charge in [-0.3, -0.25) is 9.11 Å². The van der Waals surface area contributed by atoms with Gasteiger partial charge in [0, 0.05) is 0 Å². The van der Waals surface area contributed by atoms with Gasteiger partial charge in [0.2, 0.25) is 0 Å². The topological polar surface area (TPSA) is 77.8 Å². The third kappa shape index (κ3) is 41.1. The first kappa shape index (κ1) is 13.4. The molecule has 0 radical (unpaired) electrons. The average Bonchev–Trinajstić information content (AvgIpc) is 1.83. The maximum absolute atomic E-state index is 8.74. The molecule has 0 atom stereocenters. The number of hydrogen-bond donors (Lipinski definition) is 2. The van der Waals surface area contributed by atoms with E-state index in [4.69, 9.17) is 17.5 Å². The second kappa shape index (κ2) is 6.53. The fraction of sp³-hybridized carbons (Fsp3) is 1.00. The van der Waals surface area contributed by atoms with Crippen LogP contribution in [0.3, 0.4) is 0 Å². The summed E-state index contributed by atoms with van der Waals surface area (Å²) in [7, 11) is -2.56. The van der Waals surface area contributed by atoms with Gasteiger partial charge in [0.15, 0.2) is 0 Å². The zero-order chi connectivity index (χ0) is 9.49. The van der Waals surface area contributed by atoms with E-state index in [1.807, 2.05) is 0 Å². The molecule has 0 aromatic carbocycles. The highest BCUT2D eigenvalue weighted by molar-refractivity contribution is 7.79. The van der Waals surface area contributed by atoms with E-state index in [1.54, 1.807) is 0 Å². The molecule has 0 aromatic rings. The van der Waals surface area contributed by atoms with Crippen LogP contribution in [0.1, 0.15) is 13.8 Å². The summed E-state index contributed by atoms with van der Waals surface area (Å²) in [5, 5.41) is 0. The standard InChI is InChI=1S/C5H13N.H2O4S/c1-4-6(3)5-2;1-5(2,3)4/h4-5H2,1-3H3;(H2,1,2,3,4). The van der Waals surface area contributed by atoms with E-state index in [1.165, 1.54) is 0 Å². The molecule has 0 amide bonds. The van der Waals surface area contributed by atoms with E-state index in [-0.39, 0.29) is 0 Å². The van der Waals surface area contributed by atoms with Crippen molar-refractivity contribution >= 4 is 10.4 Å². The Kier molecular flexibility index (Phi) is 7.97. The molecule has 0 fully saturated rings. The van der Waals surface area contributed by atoms with Crippen LogP contribution in [-0.4, -0.2) is 42.6 Å². The molecule has 2 N–H and O–H groups in total. The lowest BCUT2D eigenvalue weighted by Gasteiger charge is -2.07. The van der Waals surface area contributed by atoms with Gasteiger partial charge in [0.25, 0.3) is 0 Å². The maximum Gasteiger partial charge on any atom is 0.394 e. The van der Waals surface area contributed by atoms with Crippen molar-refractivity contribution in [3.8, 4) is 0 Å². The third-order valence-corrected chi connectivity index (χ3v) is 1.08. The molecule has 0 rings (SSSR count). The monoisotopic (exact) mass is 185 g/mol. The van der Waals surface area contributed by atoms with Crippen LogP contribution < -0.4 is 0 Å². The van der Waals surface area contributed by atoms with Gasteiger partial charge in [-0.2, -0.15) is 8.42 Å². The summed E-state index contributed by atoms with van der Waals surface area (Å²) in [5.41, 5.74) is 0. The predicted molar refractivity (Wildman–Crippen MR) is 43.0 cm³/mol. The van der Waals surface area contributed by atoms with E-state index in [0.717, 1.165) is 13.1 Å². The summed E-state index contributed by atoms with van der Waals surface area (Å²) < 4.78 is 31.6. The Morgan fingerprint density at radius 1 is 1.18 bits per heavy atom. The first-order valence-corrected chi connectivity index (χ1v) is 4.59. The lowest BCUT2D eigenvalue weighted by atomic mass is 10.6. The molecule has 0 bridgehead atoms. The van der Waals surface area contributed by atoms with Crippen LogP contribution in [0.25, 0.3) is 0 Å². The quantitative estimate of drug-likeness (QED) is 0.605. The Morgan fingerprint density at radius 3 is 1.36 bits per heavy atom. The van der Waals surface area contributed by atoms with Gasteiger partial charge in [-0.05, 0) is 20.1 Å². The molecule has 5 nitrogen and oxygen atoms in total. The van der Waals surface area contributed by atoms with Crippen LogP contribution in [0.2, 0.25) is 0 Å². The van der Waals surface area contributed by atoms with Gasteiger partial charge in [0.05, 0.1) is 0 Å². The zero-order valence-electron chi connectivity index (χ0n) is 6.98. The fourth-order valence-electron chi connectivity index (χ4n) is 0.224. The van der Waals surface area contributed by atoms with Crippen molar-refractivity contribution in [1.29, 1.82) is 0 Å². The summed E-state index contributed by atoms with van der Waals surface area (Å²) in [6.07, 6.45) is 0. The molecule has 70 valence electrons. The molecule has 0 heterocycles. The summed E-state index contributed by atoms with van der Waals surface area (Å²) >= 11 is 0. The number of nitrogens with zero attached hydrogens (tertiary/aromatic N) is 1. The van der Waals surface area contributed by atoms with Crippen molar-refractivity contribution in [1.82, 2.24) is 4.90 Å². The van der Waals surface area contributed by atoms with E-state index >= 15 is 0 Å². The molecular formula is C5H15NO4S. The number of rotatable bonds is 2. The molecule has 0 aromatic heterocycles. The van der Waals surface area contributed by atoms with Crippen molar-refractivity contribution in [2.24, 2.45) is 0 Å². The largest absolute Gasteiger partial charge is 0.394 e. The summed E-state index contributed by atoms with van der Waals surface area (Å²) in [5.74, 6) is 0. The Bertz CT molecular complexity index is 153. The lowest BCUT2D eigenvalue weighted by molar-refractivity contribution is 0.373. The number of hydrogen-bond acceptors (Lipinski definition) is 3. The molecular weight excluding hydrogens is 170 g/mol. The van der Waals surface area contributed by atoms with Crippen LogP contribution in [0.4, 0.5) is 0 Å². The van der Waals surface area contributed by atoms with E-state index in [9.17, 15) is 0 Å². The second-order valence-electron chi connectivity index (χ2n) is 1.94. The summed E-state index contributed by atoms with van der Waals surface area (Å²) in [4.78, 5) is 2.25. The van der Waals surface area contributed by atoms with Crippen LogP contribution in [0.15, 0.2) is 0 Å². The van der Waals surface area contributed by atoms with Crippen molar-refractivity contribution in [3.05, 3.63) is 0 Å². The highest BCUT2D eigenvalue weighted by Crippen LogP contribution is 1.73. The minimum atomic E-state index is -4.67. The predicted octanol–water partition coefficient (Wildman–Crippen LogP) is 0.305. The molecule has 6 heteroatoms. The molecule has 0 aliphatic heterocycles. The lowest BCUT2D eigenvalue weighted by Crippen LogP contribution is -2.15. The molecule has 0 spiro atoms. The van der Waals surface area contributed by atoms with E-state index < -0.39 is 10.4 Å². The normalized spacial score (nSPS) is 10.7. The molecule has 0 aliphatic rings. The average molecular weight is 185 g/mol. The van der Waals surface area contributed by atoms with E-state index in [0.29, 0.717) is 0 Å². The minimum Gasteiger partial charge on any atom is -0.307 e. The molecule has 0 saturated heterocycles. The van der Waals surface area contributed by atoms with Gasteiger partial charge >= 0.3 is 10.4 Å². The summed E-state index contributed by atoms with van der Waals surface area (Å²) in [6, 6.07) is 0. The van der Waals surface area contributed by atoms with Gasteiger partial charge in [-0.25, -0.2) is 0 Å². The molecule has 0 aliphatic carbocycles. The maximum atomic E-state index is 8.74. The Balaban J connectivity index is 0. The third-order valence-electron chi connectivity index (χ3n) is 1.08. The fourth-order valence-corrected chi connectivity index (χ4v) is 0.224. The van der Waals surface area contributed by atoms with Gasteiger partial charge < -0.3 is 4.90 Å². The van der Waals surface area contributed by atoms with Crippen LogP contribution in [-0.2, 0) is 10.4 Å². The SMILES string of the molecule is CCN(C)CC.O=S(=O)(O)O. The smallest absolute Gasteiger partial charge is 0.307 e. The van der Waals surface area contributed by atoms with E-state index in [2.05, 4.69) is 25.8 Å². The van der Waals surface area contributed by atoms with Crippen LogP contribution in [0, 0.1) is 0 Å². The van der Waals surface area contributed by atoms with Gasteiger partial charge in [0.1, 0.15) is 0 Å². The minimum absolute atomic E-state index is 1.16. The van der Waals surface area contributed by atoms with Crippen LogP contribution in [0.5, 0.6) is 0 Å². The van der Waals surface area contributed by atoms with Crippen molar-refractivity contribution in [2.75, 3.05) is 20.1 Å². The zero-order valence-corrected chi connectivity index (χ0v) is 7.80. The van der Waals surface area contributed by atoms with Gasteiger partial charge in [-0.1, -0.05) is 13.8 Å². The highest BCUT2D eigenvalue weighted by atomic mass is 32.3. The first-order valence-electron chi connectivity index (χ1n) is 3.19. The molecule has 0 unspecified atom stereocenters. The molecule has 0 saturated carbocycles. The first-order chi connectivity index (χ1) is 4.81. The van der Waals surface area contributed by atoms with Crippen molar-refractivity contribution in [2.45, 2.75) is 13.8 Å². The van der Waals surface area contributed by atoms with Gasteiger partial charge in [-0.15, -0.1) is 0 Å². The Labute approximate surface area is 67.6 Å². The second-order valence-corrected chi connectivity index (χ2v) is 2.83.